The zero-order valence-electron chi connectivity index (χ0n) is 9.85. The fourth-order valence-corrected chi connectivity index (χ4v) is 0.882. The van der Waals surface area contributed by atoms with Gasteiger partial charge >= 0.3 is 5.97 Å². The summed E-state index contributed by atoms with van der Waals surface area (Å²) in [7, 11) is 1.29. The lowest BCUT2D eigenvalue weighted by atomic mass is 10.1. The molecule has 0 radical (unpaired) electrons. The van der Waals surface area contributed by atoms with Crippen LogP contribution in [0.2, 0.25) is 0 Å². The summed E-state index contributed by atoms with van der Waals surface area (Å²) >= 11 is 0. The van der Waals surface area contributed by atoms with E-state index >= 15 is 0 Å². The van der Waals surface area contributed by atoms with E-state index in [4.69, 9.17) is 0 Å². The molecule has 1 amide bonds. The Labute approximate surface area is 90.6 Å². The molecule has 0 unspecified atom stereocenters. The minimum absolute atomic E-state index is 0.00261. The number of carbonyl (C=O) groups excluding carboxylic acids is 2. The van der Waals surface area contributed by atoms with Crippen LogP contribution in [0.25, 0.3) is 0 Å². The molecule has 2 N–H and O–H groups in total. The van der Waals surface area contributed by atoms with Crippen LogP contribution in [-0.2, 0) is 14.3 Å². The van der Waals surface area contributed by atoms with E-state index in [1.165, 1.54) is 7.11 Å². The summed E-state index contributed by atoms with van der Waals surface area (Å²) in [5.74, 6) is -0.593. The highest BCUT2D eigenvalue weighted by Gasteiger charge is 2.10. The van der Waals surface area contributed by atoms with Crippen LogP contribution in [0.15, 0.2) is 0 Å². The van der Waals surface area contributed by atoms with Crippen LogP contribution in [0.4, 0.5) is 0 Å². The van der Waals surface area contributed by atoms with Crippen molar-refractivity contribution in [3.8, 4) is 0 Å². The number of hydrogen-bond acceptors (Lipinski definition) is 4. The molecule has 0 atom stereocenters. The van der Waals surface area contributed by atoms with Gasteiger partial charge in [0.15, 0.2) is 0 Å². The second-order valence-corrected chi connectivity index (χ2v) is 4.28. The number of nitrogens with one attached hydrogen (secondary N) is 2. The first-order valence-corrected chi connectivity index (χ1v) is 4.93. The van der Waals surface area contributed by atoms with Crippen LogP contribution in [0.3, 0.4) is 0 Å². The van der Waals surface area contributed by atoms with Crippen LogP contribution in [0.1, 0.15) is 27.2 Å². The zero-order valence-corrected chi connectivity index (χ0v) is 9.85. The standard InChI is InChI=1S/C10H20N2O3/c1-10(2,3)12-6-5-8(13)11-7-9(14)15-4/h12H,5-7H2,1-4H3,(H,11,13). The van der Waals surface area contributed by atoms with Gasteiger partial charge in [-0.1, -0.05) is 0 Å². The molecule has 0 aromatic rings. The van der Waals surface area contributed by atoms with Crippen molar-refractivity contribution >= 4 is 11.9 Å². The van der Waals surface area contributed by atoms with Crippen LogP contribution >= 0.6 is 0 Å². The highest BCUT2D eigenvalue weighted by molar-refractivity contribution is 5.81. The first kappa shape index (κ1) is 13.9. The first-order chi connectivity index (χ1) is 6.85. The number of esters is 1. The van der Waals surface area contributed by atoms with E-state index in [0.717, 1.165) is 0 Å². The monoisotopic (exact) mass is 216 g/mol. The molecular weight excluding hydrogens is 196 g/mol. The molecule has 0 aliphatic rings. The summed E-state index contributed by atoms with van der Waals surface area (Å²) < 4.78 is 4.39. The van der Waals surface area contributed by atoms with Crippen molar-refractivity contribution < 1.29 is 14.3 Å². The molecule has 0 aliphatic heterocycles. The van der Waals surface area contributed by atoms with Crippen molar-refractivity contribution in [2.75, 3.05) is 20.2 Å². The highest BCUT2D eigenvalue weighted by Crippen LogP contribution is 1.97. The molecule has 5 nitrogen and oxygen atoms in total. The molecule has 5 heteroatoms. The zero-order chi connectivity index (χ0) is 11.9. The van der Waals surface area contributed by atoms with Crippen LogP contribution in [-0.4, -0.2) is 37.6 Å². The summed E-state index contributed by atoms with van der Waals surface area (Å²) in [5, 5.41) is 5.64. The number of rotatable bonds is 5. The number of hydrogen-bond donors (Lipinski definition) is 2. The van der Waals surface area contributed by atoms with Crippen molar-refractivity contribution in [3.05, 3.63) is 0 Å². The van der Waals surface area contributed by atoms with E-state index < -0.39 is 5.97 Å². The Hall–Kier alpha value is -1.10. The van der Waals surface area contributed by atoms with Gasteiger partial charge in [-0.2, -0.15) is 0 Å². The fraction of sp³-hybridized carbons (Fsp3) is 0.800. The Kier molecular flexibility index (Phi) is 5.93. The van der Waals surface area contributed by atoms with Crippen molar-refractivity contribution in [1.29, 1.82) is 0 Å². The number of amides is 1. The third kappa shape index (κ3) is 9.21. The van der Waals surface area contributed by atoms with Gasteiger partial charge in [0.2, 0.25) is 5.91 Å². The number of methoxy groups -OCH3 is 1. The van der Waals surface area contributed by atoms with Crippen molar-refractivity contribution in [2.45, 2.75) is 32.7 Å². The van der Waals surface area contributed by atoms with E-state index in [2.05, 4.69) is 15.4 Å². The molecule has 0 fully saturated rings. The van der Waals surface area contributed by atoms with Crippen molar-refractivity contribution in [2.24, 2.45) is 0 Å². The number of ether oxygens (including phenoxy) is 1. The van der Waals surface area contributed by atoms with E-state index in [-0.39, 0.29) is 18.0 Å². The smallest absolute Gasteiger partial charge is 0.325 e. The Morgan fingerprint density at radius 2 is 1.87 bits per heavy atom. The fourth-order valence-electron chi connectivity index (χ4n) is 0.882. The lowest BCUT2D eigenvalue weighted by Gasteiger charge is -2.20. The molecule has 15 heavy (non-hydrogen) atoms. The topological polar surface area (TPSA) is 67.4 Å². The lowest BCUT2D eigenvalue weighted by molar-refractivity contribution is -0.141. The lowest BCUT2D eigenvalue weighted by Crippen LogP contribution is -2.39. The van der Waals surface area contributed by atoms with Gasteiger partial charge in [0.05, 0.1) is 7.11 Å². The molecule has 0 saturated heterocycles. The molecule has 0 heterocycles. The van der Waals surface area contributed by atoms with Crippen LogP contribution in [0, 0.1) is 0 Å². The molecule has 0 rings (SSSR count). The Bertz CT molecular complexity index is 221. The molecule has 0 aromatic carbocycles. The molecule has 0 aliphatic carbocycles. The Balaban J connectivity index is 3.54. The molecular formula is C10H20N2O3. The first-order valence-electron chi connectivity index (χ1n) is 4.93. The molecule has 0 bridgehead atoms. The predicted octanol–water partition coefficient (Wildman–Crippen LogP) is 0.0538. The van der Waals surface area contributed by atoms with Gasteiger partial charge in [0, 0.05) is 18.5 Å². The maximum absolute atomic E-state index is 11.2. The molecule has 88 valence electrons. The highest BCUT2D eigenvalue weighted by atomic mass is 16.5. The second kappa shape index (κ2) is 6.40. The van der Waals surface area contributed by atoms with Gasteiger partial charge in [-0.15, -0.1) is 0 Å². The minimum atomic E-state index is -0.438. The Morgan fingerprint density at radius 3 is 2.33 bits per heavy atom. The third-order valence-corrected chi connectivity index (χ3v) is 1.66. The van der Waals surface area contributed by atoms with Gasteiger partial charge in [-0.3, -0.25) is 9.59 Å². The summed E-state index contributed by atoms with van der Waals surface area (Å²) in [5.41, 5.74) is 0.00261. The molecule has 0 spiro atoms. The van der Waals surface area contributed by atoms with Gasteiger partial charge in [0.25, 0.3) is 0 Å². The summed E-state index contributed by atoms with van der Waals surface area (Å²) in [6.07, 6.45) is 0.355. The van der Waals surface area contributed by atoms with Crippen LogP contribution < -0.4 is 10.6 Å². The van der Waals surface area contributed by atoms with Gasteiger partial charge in [-0.25, -0.2) is 0 Å². The average Bonchev–Trinajstić information content (AvgIpc) is 2.12. The quantitative estimate of drug-likeness (QED) is 0.637. The van der Waals surface area contributed by atoms with Gasteiger partial charge in [-0.05, 0) is 20.8 Å². The average molecular weight is 216 g/mol. The number of carbonyl (C=O) groups is 2. The third-order valence-electron chi connectivity index (χ3n) is 1.66. The SMILES string of the molecule is COC(=O)CNC(=O)CCNC(C)(C)C. The molecule has 0 saturated carbocycles. The molecule has 0 aromatic heterocycles. The summed E-state index contributed by atoms with van der Waals surface area (Å²) in [4.78, 5) is 21.9. The van der Waals surface area contributed by atoms with Crippen molar-refractivity contribution in [1.82, 2.24) is 10.6 Å². The van der Waals surface area contributed by atoms with E-state index in [1.807, 2.05) is 20.8 Å². The maximum atomic E-state index is 11.2. The predicted molar refractivity (Wildman–Crippen MR) is 57.4 cm³/mol. The van der Waals surface area contributed by atoms with E-state index in [9.17, 15) is 9.59 Å². The van der Waals surface area contributed by atoms with Crippen LogP contribution in [0.5, 0.6) is 0 Å². The summed E-state index contributed by atoms with van der Waals surface area (Å²) in [6, 6.07) is 0. The largest absolute Gasteiger partial charge is 0.468 e. The van der Waals surface area contributed by atoms with Gasteiger partial charge in [0.1, 0.15) is 6.54 Å². The maximum Gasteiger partial charge on any atom is 0.325 e. The minimum Gasteiger partial charge on any atom is -0.468 e. The van der Waals surface area contributed by atoms with Crippen molar-refractivity contribution in [3.63, 3.8) is 0 Å². The normalized spacial score (nSPS) is 10.9. The van der Waals surface area contributed by atoms with Gasteiger partial charge < -0.3 is 15.4 Å². The Morgan fingerprint density at radius 1 is 1.27 bits per heavy atom. The summed E-state index contributed by atoms with van der Waals surface area (Å²) in [6.45, 7) is 6.61. The van der Waals surface area contributed by atoms with E-state index in [0.29, 0.717) is 13.0 Å². The van der Waals surface area contributed by atoms with E-state index in [1.54, 1.807) is 0 Å². The second-order valence-electron chi connectivity index (χ2n) is 4.28.